The van der Waals surface area contributed by atoms with Crippen LogP contribution in [0.4, 0.5) is 0 Å². The Labute approximate surface area is 89.8 Å². The molecular formula is C14H11N. The van der Waals surface area contributed by atoms with Crippen LogP contribution in [0.25, 0.3) is 11.1 Å². The number of hydrogen-bond donors (Lipinski definition) is 0. The largest absolute Gasteiger partial charge is 0.247 e. The summed E-state index contributed by atoms with van der Waals surface area (Å²) in [7, 11) is 0. The Balaban J connectivity index is 2.42. The van der Waals surface area contributed by atoms with E-state index < -0.39 is 0 Å². The quantitative estimate of drug-likeness (QED) is 0.634. The zero-order chi connectivity index (χ0) is 10.7. The summed E-state index contributed by atoms with van der Waals surface area (Å²) in [5.74, 6) is 2.51. The monoisotopic (exact) mass is 193 g/mol. The summed E-state index contributed by atoms with van der Waals surface area (Å²) < 4.78 is 0. The Hall–Kier alpha value is -2.07. The second kappa shape index (κ2) is 3.98. The van der Waals surface area contributed by atoms with Gasteiger partial charge >= 0.3 is 0 Å². The van der Waals surface area contributed by atoms with E-state index in [1.165, 1.54) is 11.1 Å². The minimum atomic E-state index is 0.673. The molecular weight excluding hydrogens is 182 g/mol. The van der Waals surface area contributed by atoms with E-state index in [4.69, 9.17) is 6.42 Å². The molecule has 0 atom stereocenters. The van der Waals surface area contributed by atoms with Crippen LogP contribution in [-0.4, -0.2) is 4.98 Å². The molecule has 0 N–H and O–H groups in total. The van der Waals surface area contributed by atoms with E-state index in [0.29, 0.717) is 5.69 Å². The van der Waals surface area contributed by atoms with Gasteiger partial charge in [-0.25, -0.2) is 4.98 Å². The Morgan fingerprint density at radius 2 is 2.00 bits per heavy atom. The lowest BCUT2D eigenvalue weighted by atomic mass is 10.1. The first-order chi connectivity index (χ1) is 7.29. The van der Waals surface area contributed by atoms with Gasteiger partial charge in [-0.05, 0) is 18.6 Å². The topological polar surface area (TPSA) is 12.9 Å². The van der Waals surface area contributed by atoms with E-state index in [-0.39, 0.29) is 0 Å². The number of hydrogen-bond acceptors (Lipinski definition) is 1. The van der Waals surface area contributed by atoms with Gasteiger partial charge in [0.1, 0.15) is 5.69 Å². The van der Waals surface area contributed by atoms with Gasteiger partial charge in [0, 0.05) is 11.8 Å². The van der Waals surface area contributed by atoms with Crippen LogP contribution in [0.2, 0.25) is 0 Å². The summed E-state index contributed by atoms with van der Waals surface area (Å²) in [6.07, 6.45) is 7.06. The van der Waals surface area contributed by atoms with Crippen molar-refractivity contribution in [2.75, 3.05) is 0 Å². The first-order valence-corrected chi connectivity index (χ1v) is 4.79. The molecule has 0 amide bonds. The molecule has 15 heavy (non-hydrogen) atoms. The van der Waals surface area contributed by atoms with Gasteiger partial charge in [0.25, 0.3) is 0 Å². The number of terminal acetylenes is 1. The SMILES string of the molecule is C#Cc1ccc(-c2cccc(C)c2)cn1. The molecule has 0 radical (unpaired) electrons. The van der Waals surface area contributed by atoms with Gasteiger partial charge < -0.3 is 0 Å². The van der Waals surface area contributed by atoms with E-state index in [1.54, 1.807) is 0 Å². The van der Waals surface area contributed by atoms with Crippen molar-refractivity contribution >= 4 is 0 Å². The lowest BCUT2D eigenvalue weighted by molar-refractivity contribution is 1.29. The van der Waals surface area contributed by atoms with Gasteiger partial charge in [-0.3, -0.25) is 0 Å². The molecule has 1 aromatic carbocycles. The number of benzene rings is 1. The molecule has 2 aromatic rings. The van der Waals surface area contributed by atoms with Gasteiger partial charge in [0.2, 0.25) is 0 Å². The third kappa shape index (κ3) is 2.05. The van der Waals surface area contributed by atoms with Crippen molar-refractivity contribution in [3.8, 4) is 23.5 Å². The number of aryl methyl sites for hydroxylation is 1. The highest BCUT2D eigenvalue weighted by Gasteiger charge is 1.97. The van der Waals surface area contributed by atoms with E-state index in [2.05, 4.69) is 36.0 Å². The molecule has 2 rings (SSSR count). The first kappa shape index (κ1) is 9.48. The van der Waals surface area contributed by atoms with Crippen LogP contribution in [0.5, 0.6) is 0 Å². The molecule has 0 saturated heterocycles. The normalized spacial score (nSPS) is 9.60. The molecule has 0 spiro atoms. The third-order valence-electron chi connectivity index (χ3n) is 2.26. The molecule has 1 heteroatoms. The molecule has 0 fully saturated rings. The Morgan fingerprint density at radius 1 is 1.13 bits per heavy atom. The van der Waals surface area contributed by atoms with Crippen LogP contribution in [-0.2, 0) is 0 Å². The van der Waals surface area contributed by atoms with Crippen LogP contribution in [0.3, 0.4) is 0 Å². The van der Waals surface area contributed by atoms with Crippen LogP contribution in [0.15, 0.2) is 42.6 Å². The average Bonchev–Trinajstić information content (AvgIpc) is 2.29. The number of rotatable bonds is 1. The molecule has 0 unspecified atom stereocenters. The van der Waals surface area contributed by atoms with Crippen LogP contribution >= 0.6 is 0 Å². The maximum absolute atomic E-state index is 5.25. The summed E-state index contributed by atoms with van der Waals surface area (Å²) in [4.78, 5) is 4.17. The maximum Gasteiger partial charge on any atom is 0.112 e. The third-order valence-corrected chi connectivity index (χ3v) is 2.26. The molecule has 0 aliphatic rings. The van der Waals surface area contributed by atoms with Gasteiger partial charge in [-0.2, -0.15) is 0 Å². The fraction of sp³-hybridized carbons (Fsp3) is 0.0714. The Kier molecular flexibility index (Phi) is 2.51. The van der Waals surface area contributed by atoms with Crippen molar-refractivity contribution in [2.45, 2.75) is 6.92 Å². The Bertz CT molecular complexity index is 504. The fourth-order valence-electron chi connectivity index (χ4n) is 1.47. The average molecular weight is 193 g/mol. The summed E-state index contributed by atoms with van der Waals surface area (Å²) in [5, 5.41) is 0. The van der Waals surface area contributed by atoms with Gasteiger partial charge in [-0.15, -0.1) is 6.42 Å². The summed E-state index contributed by atoms with van der Waals surface area (Å²) in [6.45, 7) is 2.08. The predicted molar refractivity (Wildman–Crippen MR) is 62.3 cm³/mol. The second-order valence-corrected chi connectivity index (χ2v) is 3.45. The first-order valence-electron chi connectivity index (χ1n) is 4.79. The summed E-state index contributed by atoms with van der Waals surface area (Å²) in [6, 6.07) is 12.2. The van der Waals surface area contributed by atoms with E-state index in [0.717, 1.165) is 5.56 Å². The van der Waals surface area contributed by atoms with Gasteiger partial charge in [0.05, 0.1) is 0 Å². The molecule has 0 aliphatic heterocycles. The standard InChI is InChI=1S/C14H11N/c1-3-14-8-7-13(10-15-14)12-6-4-5-11(2)9-12/h1,4-10H,2H3. The summed E-state index contributed by atoms with van der Waals surface area (Å²) in [5.41, 5.74) is 4.18. The fourth-order valence-corrected chi connectivity index (χ4v) is 1.47. The van der Waals surface area contributed by atoms with Crippen molar-refractivity contribution in [1.29, 1.82) is 0 Å². The van der Waals surface area contributed by atoms with Crippen molar-refractivity contribution < 1.29 is 0 Å². The second-order valence-electron chi connectivity index (χ2n) is 3.45. The van der Waals surface area contributed by atoms with Crippen molar-refractivity contribution in [2.24, 2.45) is 0 Å². The lowest BCUT2D eigenvalue weighted by Crippen LogP contribution is -1.84. The highest BCUT2D eigenvalue weighted by atomic mass is 14.7. The molecule has 0 bridgehead atoms. The highest BCUT2D eigenvalue weighted by Crippen LogP contribution is 2.19. The number of pyridine rings is 1. The molecule has 72 valence electrons. The summed E-state index contributed by atoms with van der Waals surface area (Å²) >= 11 is 0. The molecule has 1 heterocycles. The zero-order valence-electron chi connectivity index (χ0n) is 8.57. The van der Waals surface area contributed by atoms with E-state index in [1.807, 2.05) is 24.4 Å². The van der Waals surface area contributed by atoms with Crippen molar-refractivity contribution in [3.05, 3.63) is 53.9 Å². The molecule has 1 nitrogen and oxygen atoms in total. The minimum Gasteiger partial charge on any atom is -0.247 e. The van der Waals surface area contributed by atoms with E-state index in [9.17, 15) is 0 Å². The van der Waals surface area contributed by atoms with Gasteiger partial charge in [-0.1, -0.05) is 41.8 Å². The molecule has 1 aromatic heterocycles. The van der Waals surface area contributed by atoms with E-state index >= 15 is 0 Å². The molecule has 0 saturated carbocycles. The van der Waals surface area contributed by atoms with Gasteiger partial charge in [0.15, 0.2) is 0 Å². The van der Waals surface area contributed by atoms with Crippen molar-refractivity contribution in [1.82, 2.24) is 4.98 Å². The predicted octanol–water partition coefficient (Wildman–Crippen LogP) is 3.04. The molecule has 0 aliphatic carbocycles. The maximum atomic E-state index is 5.25. The van der Waals surface area contributed by atoms with Crippen LogP contribution in [0.1, 0.15) is 11.3 Å². The number of aromatic nitrogens is 1. The highest BCUT2D eigenvalue weighted by molar-refractivity contribution is 5.63. The van der Waals surface area contributed by atoms with Crippen LogP contribution in [0, 0.1) is 19.3 Å². The van der Waals surface area contributed by atoms with Crippen molar-refractivity contribution in [3.63, 3.8) is 0 Å². The minimum absolute atomic E-state index is 0.673. The Morgan fingerprint density at radius 3 is 2.60 bits per heavy atom. The van der Waals surface area contributed by atoms with Crippen LogP contribution < -0.4 is 0 Å². The lowest BCUT2D eigenvalue weighted by Gasteiger charge is -2.02. The smallest absolute Gasteiger partial charge is 0.112 e. The number of nitrogens with zero attached hydrogens (tertiary/aromatic N) is 1. The zero-order valence-corrected chi connectivity index (χ0v) is 8.57.